The van der Waals surface area contributed by atoms with Gasteiger partial charge < -0.3 is 0 Å². The molecule has 1 aromatic rings. The van der Waals surface area contributed by atoms with Crippen molar-refractivity contribution in [3.8, 4) is 0 Å². The Morgan fingerprint density at radius 3 is 2.23 bits per heavy atom. The van der Waals surface area contributed by atoms with E-state index < -0.39 is 20.0 Å². The van der Waals surface area contributed by atoms with Crippen molar-refractivity contribution in [2.75, 3.05) is 18.8 Å². The van der Waals surface area contributed by atoms with Crippen LogP contribution >= 0.6 is 0 Å². The van der Waals surface area contributed by atoms with Gasteiger partial charge in [-0.05, 0) is 25.3 Å². The van der Waals surface area contributed by atoms with Gasteiger partial charge in [-0.2, -0.15) is 0 Å². The molecule has 124 valence electrons. The highest BCUT2D eigenvalue weighted by Crippen LogP contribution is 2.16. The van der Waals surface area contributed by atoms with Crippen LogP contribution in [-0.4, -0.2) is 46.0 Å². The van der Waals surface area contributed by atoms with Crippen LogP contribution in [0.15, 0.2) is 30.3 Å². The summed E-state index contributed by atoms with van der Waals surface area (Å²) in [6.07, 6.45) is 1.01. The SMILES string of the molecule is CCS(=O)(=O)N1CCC(NS(=O)(=O)Cc2ccccc2)CC1. The van der Waals surface area contributed by atoms with Gasteiger partial charge >= 0.3 is 0 Å². The zero-order valence-corrected chi connectivity index (χ0v) is 14.2. The van der Waals surface area contributed by atoms with Gasteiger partial charge in [-0.3, -0.25) is 0 Å². The number of rotatable bonds is 6. The van der Waals surface area contributed by atoms with E-state index in [1.54, 1.807) is 31.2 Å². The van der Waals surface area contributed by atoms with Crippen LogP contribution in [0.4, 0.5) is 0 Å². The van der Waals surface area contributed by atoms with Crippen molar-refractivity contribution in [3.05, 3.63) is 35.9 Å². The van der Waals surface area contributed by atoms with Crippen LogP contribution in [0.3, 0.4) is 0 Å². The highest BCUT2D eigenvalue weighted by Gasteiger charge is 2.28. The molecule has 1 N–H and O–H groups in total. The van der Waals surface area contributed by atoms with Gasteiger partial charge in [-0.25, -0.2) is 25.9 Å². The number of hydrogen-bond donors (Lipinski definition) is 1. The molecule has 0 bridgehead atoms. The van der Waals surface area contributed by atoms with E-state index in [0.29, 0.717) is 25.9 Å². The third-order valence-electron chi connectivity index (χ3n) is 3.76. The average molecular weight is 346 g/mol. The Morgan fingerprint density at radius 2 is 1.68 bits per heavy atom. The molecule has 1 fully saturated rings. The van der Waals surface area contributed by atoms with E-state index in [9.17, 15) is 16.8 Å². The van der Waals surface area contributed by atoms with E-state index in [2.05, 4.69) is 4.72 Å². The van der Waals surface area contributed by atoms with Crippen molar-refractivity contribution in [2.45, 2.75) is 31.6 Å². The molecule has 0 spiro atoms. The van der Waals surface area contributed by atoms with Crippen molar-refractivity contribution >= 4 is 20.0 Å². The molecule has 1 aromatic carbocycles. The van der Waals surface area contributed by atoms with Crippen molar-refractivity contribution in [2.24, 2.45) is 0 Å². The van der Waals surface area contributed by atoms with Crippen LogP contribution < -0.4 is 4.72 Å². The molecule has 1 saturated heterocycles. The quantitative estimate of drug-likeness (QED) is 0.830. The molecule has 22 heavy (non-hydrogen) atoms. The van der Waals surface area contributed by atoms with E-state index in [-0.39, 0.29) is 17.5 Å². The monoisotopic (exact) mass is 346 g/mol. The summed E-state index contributed by atoms with van der Waals surface area (Å²) in [5.41, 5.74) is 0.737. The van der Waals surface area contributed by atoms with Crippen LogP contribution in [0, 0.1) is 0 Å². The minimum atomic E-state index is -3.41. The third-order valence-corrected chi connectivity index (χ3v) is 7.05. The topological polar surface area (TPSA) is 83.6 Å². The molecule has 1 aliphatic heterocycles. The van der Waals surface area contributed by atoms with E-state index >= 15 is 0 Å². The molecule has 2 rings (SSSR count). The lowest BCUT2D eigenvalue weighted by molar-refractivity contribution is 0.309. The van der Waals surface area contributed by atoms with Gasteiger partial charge in [-0.15, -0.1) is 0 Å². The maximum atomic E-state index is 12.2. The molecule has 0 unspecified atom stereocenters. The average Bonchev–Trinajstić information content (AvgIpc) is 2.48. The highest BCUT2D eigenvalue weighted by molar-refractivity contribution is 7.89. The Hall–Kier alpha value is -0.960. The van der Waals surface area contributed by atoms with E-state index in [4.69, 9.17) is 0 Å². The van der Waals surface area contributed by atoms with Crippen LogP contribution in [0.1, 0.15) is 25.3 Å². The van der Waals surface area contributed by atoms with Gasteiger partial charge in [-0.1, -0.05) is 30.3 Å². The Labute approximate surface area is 132 Å². The number of nitrogens with one attached hydrogen (secondary N) is 1. The molecular weight excluding hydrogens is 324 g/mol. The zero-order valence-electron chi connectivity index (χ0n) is 12.6. The maximum absolute atomic E-state index is 12.2. The fourth-order valence-electron chi connectivity index (χ4n) is 2.52. The van der Waals surface area contributed by atoms with Gasteiger partial charge in [0.25, 0.3) is 0 Å². The van der Waals surface area contributed by atoms with Crippen LogP contribution in [0.2, 0.25) is 0 Å². The number of piperidine rings is 1. The van der Waals surface area contributed by atoms with Crippen LogP contribution in [0.25, 0.3) is 0 Å². The molecule has 0 atom stereocenters. The highest BCUT2D eigenvalue weighted by atomic mass is 32.2. The minimum Gasteiger partial charge on any atom is -0.212 e. The lowest BCUT2D eigenvalue weighted by Gasteiger charge is -2.31. The molecule has 0 aromatic heterocycles. The second-order valence-corrected chi connectivity index (χ2v) is 9.45. The number of benzene rings is 1. The van der Waals surface area contributed by atoms with E-state index in [1.165, 1.54) is 4.31 Å². The third kappa shape index (κ3) is 4.77. The fourth-order valence-corrected chi connectivity index (χ4v) is 5.11. The lowest BCUT2D eigenvalue weighted by Crippen LogP contribution is -2.47. The summed E-state index contributed by atoms with van der Waals surface area (Å²) >= 11 is 0. The standard InChI is InChI=1S/C14H22N2O4S2/c1-2-22(19,20)16-10-8-14(9-11-16)15-21(17,18)12-13-6-4-3-5-7-13/h3-7,14-15H,2,8-12H2,1H3. The number of nitrogens with zero attached hydrogens (tertiary/aromatic N) is 1. The van der Waals surface area contributed by atoms with Crippen molar-refractivity contribution < 1.29 is 16.8 Å². The fraction of sp³-hybridized carbons (Fsp3) is 0.571. The predicted octanol–water partition coefficient (Wildman–Crippen LogP) is 0.920. The van der Waals surface area contributed by atoms with Gasteiger partial charge in [0.15, 0.2) is 0 Å². The molecule has 1 heterocycles. The second kappa shape index (κ2) is 7.08. The van der Waals surface area contributed by atoms with E-state index in [1.807, 2.05) is 6.07 Å². The largest absolute Gasteiger partial charge is 0.216 e. The Morgan fingerprint density at radius 1 is 1.09 bits per heavy atom. The summed E-state index contributed by atoms with van der Waals surface area (Å²) in [7, 11) is -6.59. The Kier molecular flexibility index (Phi) is 5.60. The van der Waals surface area contributed by atoms with Gasteiger partial charge in [0, 0.05) is 19.1 Å². The maximum Gasteiger partial charge on any atom is 0.216 e. The summed E-state index contributed by atoms with van der Waals surface area (Å²) < 4.78 is 52.0. The molecule has 8 heteroatoms. The predicted molar refractivity (Wildman–Crippen MR) is 86.3 cm³/mol. The molecule has 0 radical (unpaired) electrons. The first-order chi connectivity index (χ1) is 10.3. The molecule has 1 aliphatic rings. The Balaban J connectivity index is 1.90. The Bertz CT molecular complexity index is 679. The van der Waals surface area contributed by atoms with Gasteiger partial charge in [0.05, 0.1) is 11.5 Å². The first-order valence-corrected chi connectivity index (χ1v) is 10.6. The van der Waals surface area contributed by atoms with Crippen LogP contribution in [0.5, 0.6) is 0 Å². The second-order valence-electron chi connectivity index (χ2n) is 5.44. The zero-order chi connectivity index (χ0) is 16.2. The lowest BCUT2D eigenvalue weighted by atomic mass is 10.1. The summed E-state index contributed by atoms with van der Waals surface area (Å²) in [4.78, 5) is 0. The van der Waals surface area contributed by atoms with Crippen molar-refractivity contribution in [3.63, 3.8) is 0 Å². The smallest absolute Gasteiger partial charge is 0.212 e. The molecule has 0 aliphatic carbocycles. The summed E-state index contributed by atoms with van der Waals surface area (Å²) in [6.45, 7) is 2.35. The van der Waals surface area contributed by atoms with Gasteiger partial charge in [0.1, 0.15) is 0 Å². The summed E-state index contributed by atoms with van der Waals surface area (Å²) in [5.74, 6) is 0.0265. The normalized spacial score (nSPS) is 18.4. The molecular formula is C14H22N2O4S2. The van der Waals surface area contributed by atoms with E-state index in [0.717, 1.165) is 5.56 Å². The molecule has 0 amide bonds. The molecule has 0 saturated carbocycles. The number of sulfonamides is 2. The van der Waals surface area contributed by atoms with Crippen molar-refractivity contribution in [1.82, 2.24) is 9.03 Å². The first-order valence-electron chi connectivity index (χ1n) is 7.34. The van der Waals surface area contributed by atoms with Gasteiger partial charge in [0.2, 0.25) is 20.0 Å². The first kappa shape index (κ1) is 17.4. The van der Waals surface area contributed by atoms with Crippen molar-refractivity contribution in [1.29, 1.82) is 0 Å². The summed E-state index contributed by atoms with van der Waals surface area (Å²) in [5, 5.41) is 0. The molecule has 6 nitrogen and oxygen atoms in total. The summed E-state index contributed by atoms with van der Waals surface area (Å²) in [6, 6.07) is 8.80. The van der Waals surface area contributed by atoms with Crippen LogP contribution in [-0.2, 0) is 25.8 Å². The number of hydrogen-bond acceptors (Lipinski definition) is 4. The minimum absolute atomic E-state index is 0.0543.